The number of anilines is 1. The Bertz CT molecular complexity index is 2840. The summed E-state index contributed by atoms with van der Waals surface area (Å²) in [6.07, 6.45) is -79.7. The summed E-state index contributed by atoms with van der Waals surface area (Å²) in [5.74, 6) is 1.33. The summed E-state index contributed by atoms with van der Waals surface area (Å²) in [5, 5.41) is 267. The third-order valence-electron chi connectivity index (χ3n) is 20.7. The third kappa shape index (κ3) is 20.7. The van der Waals surface area contributed by atoms with Crippen molar-refractivity contribution in [1.29, 1.82) is 0 Å². The second-order valence-electron chi connectivity index (χ2n) is 28.1. The number of carbonyl (C=O) groups excluding carboxylic acids is 2. The molecule has 31 aliphatic rings. The van der Waals surface area contributed by atoms with Crippen molar-refractivity contribution in [3.63, 3.8) is 0 Å². The van der Waals surface area contributed by atoms with Gasteiger partial charge in [-0.2, -0.15) is 0 Å². The minimum Gasteiger partial charge on any atom is -0.585 e. The fraction of sp³-hybridized carbons (Fsp3) is 0.803. The maximum absolute atomic E-state index is 11.5. The first-order valence-electron chi connectivity index (χ1n) is 36.1. The molecule has 31 fully saturated rings. The number of pyridine rings is 1. The van der Waals surface area contributed by atoms with Gasteiger partial charge in [-0.05, 0) is 36.2 Å². The van der Waals surface area contributed by atoms with E-state index in [0.29, 0.717) is 13.0 Å². The van der Waals surface area contributed by atoms with Crippen molar-refractivity contribution in [1.82, 2.24) is 4.98 Å². The van der Waals surface area contributed by atoms with E-state index in [0.717, 1.165) is 35.4 Å². The zero-order valence-electron chi connectivity index (χ0n) is 60.8. The number of likely N-dealkylation sites (N-methyl/N-ethyl adjacent to an activating group) is 1. The maximum atomic E-state index is 11.5. The van der Waals surface area contributed by atoms with Gasteiger partial charge in [0.25, 0.3) is 0 Å². The summed E-state index contributed by atoms with van der Waals surface area (Å²) in [5.41, 5.74) is 0.980. The van der Waals surface area contributed by atoms with Gasteiger partial charge in [-0.1, -0.05) is 30.0 Å². The first kappa shape index (κ1) is 93.8. The molecule has 48 heteroatoms. The van der Waals surface area contributed by atoms with Gasteiger partial charge in [-0.15, -0.1) is 0 Å². The zero-order valence-corrected chi connectivity index (χ0v) is 64.7. The molecule has 33 rings (SSSR count). The van der Waals surface area contributed by atoms with Gasteiger partial charge in [0.15, 0.2) is 50.3 Å². The van der Waals surface area contributed by atoms with Crippen molar-refractivity contribution in [2.24, 2.45) is 0 Å². The summed E-state index contributed by atoms with van der Waals surface area (Å²) in [4.78, 5) is 29.0. The van der Waals surface area contributed by atoms with E-state index < -0.39 is 309 Å². The smallest absolute Gasteiger partial charge is 0.585 e. The number of aliphatic hydroxyl groups is 24. The van der Waals surface area contributed by atoms with Crippen molar-refractivity contribution < 1.29 is 264 Å². The summed E-state index contributed by atoms with van der Waals surface area (Å²) in [7, 11) is 1.97. The van der Waals surface area contributed by atoms with Gasteiger partial charge in [0.05, 0.1) is 70.6 Å². The quantitative estimate of drug-likeness (QED) is 0.0736. The molecule has 2 amide bonds. The second-order valence-corrected chi connectivity index (χ2v) is 29.2. The number of amides is 2. The third-order valence-corrected chi connectivity index (χ3v) is 21.6. The number of ether oxygens (including phenoxy) is 17. The molecule has 2 aromatic rings. The van der Waals surface area contributed by atoms with Gasteiger partial charge in [0.2, 0.25) is 0 Å². The Hall–Kier alpha value is -2.50. The van der Waals surface area contributed by atoms with E-state index in [2.05, 4.69) is 10.3 Å². The van der Waals surface area contributed by atoms with Gasteiger partial charge in [0.1, 0.15) is 219 Å². The minimum absolute atomic E-state index is 0. The molecule has 32 heterocycles. The number of hydrogen-bond donors (Lipinski definition) is 24. The topological polar surface area (TPSA) is 707 Å². The van der Waals surface area contributed by atoms with Crippen LogP contribution in [0.15, 0.2) is 48.7 Å². The van der Waals surface area contributed by atoms with Crippen molar-refractivity contribution in [3.8, 4) is 5.75 Å². The molecule has 0 spiro atoms. The summed E-state index contributed by atoms with van der Waals surface area (Å²) < 4.78 is 96.8. The number of hydrogen-bond acceptors (Lipinski definition) is 46. The summed E-state index contributed by atoms with van der Waals surface area (Å²) in [6.45, 7) is -7.38. The van der Waals surface area contributed by atoms with E-state index in [4.69, 9.17) is 80.5 Å². The number of thioether (sulfide) groups is 1. The van der Waals surface area contributed by atoms with Gasteiger partial charge in [0, 0.05) is 13.2 Å². The van der Waals surface area contributed by atoms with Crippen LogP contribution in [0.5, 0.6) is 5.75 Å². The standard InChI is InChI=1S/C48H80O40.C18H19N3O3S.K/c49-1-9-33-17(57)25(65)41(73-9)82-34-10(2-50)75-43(27(67)19(34)59)84-36-12(4-52)77-45(29(69)21(36)61)86-38-14(6-54)79-47(31(71)23(38)63)88-40-16(8-56)80-48(32(72)24(40)64)87-39-15(7-55)78-46(30(70)22(39)62)85-37-13(5-53)76-44(28(68)20(37)60)83-35-11(3-51)74-42(81-33)26(66)18(35)58;1-21(16-4-2-3-9-19-16)10-11-24-14-7-5-13(6-8-14)12-15-17(22)20-18(23)25-15;/h9-72H,1-8H2;2-9,15H,10-12H2,1H3,(H,20,22,23);/q;;+1/p-1/t9-,10-,11-,12-,13-,14-,15-,16-,17-,18-,19-,20-,21-,22-,23-,24-,25-,26-,27-,28-,29-,30-,31-,32-,33-,34-,35-,36-,37-,38-,39-,40-,41-,42-,43-,44-,45-,46-,47-,48-;;/m1../s1. The molecule has 31 aliphatic heterocycles. The number of aliphatic hydroxyl groups excluding tert-OH is 24. The SMILES string of the molecule is CN(CCOc1ccc(CC2SC(=O)[N-]C2=O)cc1)c1ccccn1.OC[C@H]1O[C@@H]2O[C@H]3[C@H](O)[C@@H](O)[C@@H](O[C@H]4[C@H](O)[C@@H](O)[C@@H](O[C@H]5[C@H](O)[C@@H](O)[C@@H](O[C@H]6[C@H](O)[C@@H](O)[C@@H](O[C@H]7[C@H](O)[C@@H](O)[C@@H](O[C@H]8[C@H](O)[C@@H](O)[C@@H](O[C@H]9[C@H](O)[C@@H](O)[C@@H](O[C@H]1[C@H](O)[C@H]2O)O[C@@H]9CO)O[C@@H]8CO)O[C@@H]7CO)O[C@@H]6CO)O[C@@H]5CO)O[C@@H]4CO)O[C@@H]3CO.[K+]. The van der Waals surface area contributed by atoms with Crippen LogP contribution in [0.2, 0.25) is 0 Å². The number of benzene rings is 1. The number of rotatable bonds is 15. The van der Waals surface area contributed by atoms with E-state index in [1.54, 1.807) is 6.20 Å². The number of carbonyl (C=O) groups is 2. The van der Waals surface area contributed by atoms with E-state index in [1.807, 2.05) is 54.4 Å². The van der Waals surface area contributed by atoms with E-state index >= 15 is 0 Å². The molecule has 46 nitrogen and oxygen atoms in total. The van der Waals surface area contributed by atoms with Crippen molar-refractivity contribution >= 4 is 28.7 Å². The number of imide groups is 1. The van der Waals surface area contributed by atoms with Crippen molar-refractivity contribution in [3.05, 3.63) is 59.5 Å². The first-order chi connectivity index (χ1) is 54.0. The van der Waals surface area contributed by atoms with E-state index in [9.17, 15) is 132 Å². The van der Waals surface area contributed by atoms with E-state index in [1.165, 1.54) is 0 Å². The second kappa shape index (κ2) is 42.1. The van der Waals surface area contributed by atoms with Gasteiger partial charge in [-0.3, -0.25) is 0 Å². The van der Waals surface area contributed by atoms with Gasteiger partial charge < -0.3 is 223 Å². The van der Waals surface area contributed by atoms with Crippen LogP contribution in [0.25, 0.3) is 5.32 Å². The Morgan fingerprint density at radius 3 is 0.807 bits per heavy atom. The molecule has 0 radical (unpaired) electrons. The Kier molecular flexibility index (Phi) is 34.6. The van der Waals surface area contributed by atoms with Crippen LogP contribution in [0.4, 0.5) is 10.6 Å². The molecule has 1 aromatic carbocycles. The molecule has 0 saturated carbocycles. The normalized spacial score (nSPS) is 46.4. The largest absolute Gasteiger partial charge is 1.00 e. The Labute approximate surface area is 693 Å². The number of nitrogens with zero attached hydrogens (tertiary/aromatic N) is 3. The molecule has 24 N–H and O–H groups in total. The molecular weight excluding hydrogens is 1590 g/mol. The molecule has 0 aliphatic carbocycles. The van der Waals surface area contributed by atoms with Crippen molar-refractivity contribution in [2.45, 2.75) is 257 Å². The maximum Gasteiger partial charge on any atom is 1.00 e. The Morgan fingerprint density at radius 2 is 0.605 bits per heavy atom. The molecule has 1 aromatic heterocycles. The van der Waals surface area contributed by atoms with Crippen LogP contribution >= 0.6 is 11.8 Å². The van der Waals surface area contributed by atoms with Crippen LogP contribution in [0.1, 0.15) is 5.56 Å². The molecule has 114 heavy (non-hydrogen) atoms. The van der Waals surface area contributed by atoms with Gasteiger partial charge >= 0.3 is 51.4 Å². The average molecular weight is 1690 g/mol. The van der Waals surface area contributed by atoms with Gasteiger partial charge in [-0.25, -0.2) is 4.98 Å². The zero-order chi connectivity index (χ0) is 81.7. The fourth-order valence-corrected chi connectivity index (χ4v) is 15.1. The van der Waals surface area contributed by atoms with Crippen LogP contribution < -0.4 is 61.0 Å². The number of aromatic nitrogens is 1. The van der Waals surface area contributed by atoms with Crippen LogP contribution in [0.3, 0.4) is 0 Å². The van der Waals surface area contributed by atoms with Crippen molar-refractivity contribution in [2.75, 3.05) is 78.0 Å². The van der Waals surface area contributed by atoms with Crippen LogP contribution in [0, 0.1) is 0 Å². The monoisotopic (exact) mass is 1690 g/mol. The predicted molar refractivity (Wildman–Crippen MR) is 359 cm³/mol. The molecular formula is C66H98KN3O43S. The predicted octanol–water partition coefficient (Wildman–Crippen LogP) is -17.1. The molecule has 1 unspecified atom stereocenters. The average Bonchev–Trinajstić information content (AvgIpc) is 0.985. The van der Waals surface area contributed by atoms with E-state index in [-0.39, 0.29) is 57.3 Å². The molecule has 16 bridgehead atoms. The Balaban J connectivity index is 0.000000447. The molecule has 41 atom stereocenters. The summed E-state index contributed by atoms with van der Waals surface area (Å²) in [6, 6.07) is 13.4. The first-order valence-corrected chi connectivity index (χ1v) is 36.9. The Morgan fingerprint density at radius 1 is 0.360 bits per heavy atom. The summed E-state index contributed by atoms with van der Waals surface area (Å²) >= 11 is 0.990. The minimum atomic E-state index is -2.25. The fourth-order valence-electron chi connectivity index (χ4n) is 14.3. The van der Waals surface area contributed by atoms with Crippen LogP contribution in [-0.2, 0) is 87.0 Å². The molecule has 31 saturated heterocycles. The molecule has 642 valence electrons. The van der Waals surface area contributed by atoms with Crippen LogP contribution in [-0.4, -0.2) is 463 Å².